The van der Waals surface area contributed by atoms with Crippen molar-refractivity contribution in [3.8, 4) is 0 Å². The minimum absolute atomic E-state index is 0.0400. The second kappa shape index (κ2) is 7.41. The van der Waals surface area contributed by atoms with Crippen molar-refractivity contribution in [2.75, 3.05) is 11.4 Å². The Kier molecular flexibility index (Phi) is 5.85. The highest BCUT2D eigenvalue weighted by molar-refractivity contribution is 5.92. The van der Waals surface area contributed by atoms with Gasteiger partial charge >= 0.3 is 12.0 Å². The molecular formula is C14H20N2O3. The minimum Gasteiger partial charge on any atom is -0.481 e. The lowest BCUT2D eigenvalue weighted by Crippen LogP contribution is -2.43. The van der Waals surface area contributed by atoms with Crippen molar-refractivity contribution in [1.29, 1.82) is 0 Å². The number of amides is 2. The SMILES string of the molecule is CC(C)NC(=O)N(CCCC(=O)O)c1ccccc1. The molecule has 1 aromatic rings. The number of hydrogen-bond donors (Lipinski definition) is 2. The first-order valence-corrected chi connectivity index (χ1v) is 6.35. The van der Waals surface area contributed by atoms with E-state index < -0.39 is 5.97 Å². The van der Waals surface area contributed by atoms with Gasteiger partial charge in [0, 0.05) is 24.7 Å². The normalized spacial score (nSPS) is 10.3. The Bertz CT molecular complexity index is 418. The third-order valence-corrected chi connectivity index (χ3v) is 2.50. The van der Waals surface area contributed by atoms with Gasteiger partial charge in [0.15, 0.2) is 0 Å². The fourth-order valence-corrected chi connectivity index (χ4v) is 1.67. The molecule has 0 aromatic heterocycles. The molecule has 0 unspecified atom stereocenters. The molecular weight excluding hydrogens is 244 g/mol. The first kappa shape index (κ1) is 15.0. The second-order valence-corrected chi connectivity index (χ2v) is 4.59. The fraction of sp³-hybridized carbons (Fsp3) is 0.429. The number of carboxylic acids is 1. The average Bonchev–Trinajstić information content (AvgIpc) is 2.34. The van der Waals surface area contributed by atoms with Gasteiger partial charge in [-0.05, 0) is 32.4 Å². The Balaban J connectivity index is 2.73. The number of para-hydroxylation sites is 1. The number of anilines is 1. The number of nitrogens with one attached hydrogen (secondary N) is 1. The number of rotatable bonds is 6. The maximum absolute atomic E-state index is 12.1. The molecule has 0 aliphatic rings. The van der Waals surface area contributed by atoms with E-state index >= 15 is 0 Å². The largest absolute Gasteiger partial charge is 0.481 e. The van der Waals surface area contributed by atoms with Crippen LogP contribution in [0.4, 0.5) is 10.5 Å². The number of hydrogen-bond acceptors (Lipinski definition) is 2. The molecule has 1 aromatic carbocycles. The van der Waals surface area contributed by atoms with E-state index in [0.29, 0.717) is 13.0 Å². The summed E-state index contributed by atoms with van der Waals surface area (Å²) in [7, 11) is 0. The van der Waals surface area contributed by atoms with Crippen molar-refractivity contribution in [1.82, 2.24) is 5.32 Å². The van der Waals surface area contributed by atoms with E-state index in [-0.39, 0.29) is 18.5 Å². The van der Waals surface area contributed by atoms with Gasteiger partial charge in [-0.3, -0.25) is 9.69 Å². The predicted molar refractivity (Wildman–Crippen MR) is 74.3 cm³/mol. The fourth-order valence-electron chi connectivity index (χ4n) is 1.67. The molecule has 2 amide bonds. The van der Waals surface area contributed by atoms with Crippen LogP contribution in [-0.4, -0.2) is 29.7 Å². The van der Waals surface area contributed by atoms with Crippen LogP contribution in [0.3, 0.4) is 0 Å². The van der Waals surface area contributed by atoms with Crippen molar-refractivity contribution in [3.05, 3.63) is 30.3 Å². The Morgan fingerprint density at radius 3 is 2.42 bits per heavy atom. The number of benzene rings is 1. The summed E-state index contributed by atoms with van der Waals surface area (Å²) in [5.74, 6) is -0.850. The Morgan fingerprint density at radius 2 is 1.89 bits per heavy atom. The van der Waals surface area contributed by atoms with Gasteiger partial charge in [0.05, 0.1) is 0 Å². The molecule has 0 fully saturated rings. The van der Waals surface area contributed by atoms with Crippen LogP contribution in [0.5, 0.6) is 0 Å². The molecule has 19 heavy (non-hydrogen) atoms. The molecule has 2 N–H and O–H groups in total. The first-order chi connectivity index (χ1) is 9.00. The van der Waals surface area contributed by atoms with Gasteiger partial charge in [-0.25, -0.2) is 4.79 Å². The molecule has 0 aliphatic carbocycles. The molecule has 0 aliphatic heterocycles. The summed E-state index contributed by atoms with van der Waals surface area (Å²) < 4.78 is 0. The molecule has 0 spiro atoms. The summed E-state index contributed by atoms with van der Waals surface area (Å²) >= 11 is 0. The number of nitrogens with zero attached hydrogens (tertiary/aromatic N) is 1. The van der Waals surface area contributed by atoms with E-state index in [0.717, 1.165) is 5.69 Å². The van der Waals surface area contributed by atoms with Crippen LogP contribution >= 0.6 is 0 Å². The molecule has 0 saturated carbocycles. The molecule has 0 bridgehead atoms. The van der Waals surface area contributed by atoms with Gasteiger partial charge in [-0.2, -0.15) is 0 Å². The Morgan fingerprint density at radius 1 is 1.26 bits per heavy atom. The van der Waals surface area contributed by atoms with Crippen LogP contribution in [0.2, 0.25) is 0 Å². The number of urea groups is 1. The molecule has 0 radical (unpaired) electrons. The molecule has 104 valence electrons. The zero-order valence-electron chi connectivity index (χ0n) is 11.3. The van der Waals surface area contributed by atoms with Crippen molar-refractivity contribution >= 4 is 17.7 Å². The predicted octanol–water partition coefficient (Wildman–Crippen LogP) is 2.48. The maximum Gasteiger partial charge on any atom is 0.322 e. The molecule has 5 heteroatoms. The van der Waals surface area contributed by atoms with Crippen molar-refractivity contribution < 1.29 is 14.7 Å². The van der Waals surface area contributed by atoms with E-state index in [1.54, 1.807) is 4.90 Å². The zero-order chi connectivity index (χ0) is 14.3. The maximum atomic E-state index is 12.1. The third-order valence-electron chi connectivity index (χ3n) is 2.50. The molecule has 1 rings (SSSR count). The summed E-state index contributed by atoms with van der Waals surface area (Å²) in [6.07, 6.45) is 0.480. The molecule has 0 heterocycles. The Labute approximate surface area is 113 Å². The summed E-state index contributed by atoms with van der Waals surface area (Å²) in [5.41, 5.74) is 0.769. The molecule has 5 nitrogen and oxygen atoms in total. The van der Waals surface area contributed by atoms with Gasteiger partial charge in [0.25, 0.3) is 0 Å². The lowest BCUT2D eigenvalue weighted by Gasteiger charge is -2.24. The third kappa shape index (κ3) is 5.42. The second-order valence-electron chi connectivity index (χ2n) is 4.59. The summed E-state index contributed by atoms with van der Waals surface area (Å²) in [6.45, 7) is 4.16. The summed E-state index contributed by atoms with van der Waals surface area (Å²) in [4.78, 5) is 24.2. The van der Waals surface area contributed by atoms with E-state index in [1.807, 2.05) is 44.2 Å². The Hall–Kier alpha value is -2.04. The van der Waals surface area contributed by atoms with Gasteiger partial charge in [0.1, 0.15) is 0 Å². The highest BCUT2D eigenvalue weighted by Crippen LogP contribution is 2.14. The van der Waals surface area contributed by atoms with Crippen LogP contribution < -0.4 is 10.2 Å². The molecule has 0 saturated heterocycles. The number of carbonyl (C=O) groups excluding carboxylic acids is 1. The number of aliphatic carboxylic acids is 1. The van der Waals surface area contributed by atoms with Gasteiger partial charge in [0.2, 0.25) is 0 Å². The number of carboxylic acid groups (broad SMARTS) is 1. The van der Waals surface area contributed by atoms with Gasteiger partial charge in [-0.1, -0.05) is 18.2 Å². The summed E-state index contributed by atoms with van der Waals surface area (Å²) in [5, 5.41) is 11.5. The van der Waals surface area contributed by atoms with Crippen LogP contribution in [0.1, 0.15) is 26.7 Å². The molecule has 0 atom stereocenters. The van der Waals surface area contributed by atoms with Gasteiger partial charge in [-0.15, -0.1) is 0 Å². The van der Waals surface area contributed by atoms with E-state index in [2.05, 4.69) is 5.32 Å². The van der Waals surface area contributed by atoms with Crippen LogP contribution in [-0.2, 0) is 4.79 Å². The quantitative estimate of drug-likeness (QED) is 0.829. The van der Waals surface area contributed by atoms with Gasteiger partial charge < -0.3 is 10.4 Å². The topological polar surface area (TPSA) is 69.6 Å². The van der Waals surface area contributed by atoms with E-state index in [1.165, 1.54) is 0 Å². The van der Waals surface area contributed by atoms with Crippen LogP contribution in [0, 0.1) is 0 Å². The first-order valence-electron chi connectivity index (χ1n) is 6.35. The standard InChI is InChI=1S/C14H20N2O3/c1-11(2)15-14(19)16(10-6-9-13(17)18)12-7-4-3-5-8-12/h3-5,7-8,11H,6,9-10H2,1-2H3,(H,15,19)(H,17,18). The lowest BCUT2D eigenvalue weighted by molar-refractivity contribution is -0.137. The number of carbonyl (C=O) groups is 2. The average molecular weight is 264 g/mol. The van der Waals surface area contributed by atoms with Crippen molar-refractivity contribution in [3.63, 3.8) is 0 Å². The van der Waals surface area contributed by atoms with Crippen molar-refractivity contribution in [2.24, 2.45) is 0 Å². The van der Waals surface area contributed by atoms with E-state index in [9.17, 15) is 9.59 Å². The smallest absolute Gasteiger partial charge is 0.322 e. The highest BCUT2D eigenvalue weighted by Gasteiger charge is 2.16. The summed E-state index contributed by atoms with van der Waals surface area (Å²) in [6, 6.07) is 9.08. The van der Waals surface area contributed by atoms with Crippen LogP contribution in [0.15, 0.2) is 30.3 Å². The zero-order valence-corrected chi connectivity index (χ0v) is 11.3. The highest BCUT2D eigenvalue weighted by atomic mass is 16.4. The minimum atomic E-state index is -0.850. The lowest BCUT2D eigenvalue weighted by atomic mass is 10.2. The van der Waals surface area contributed by atoms with Crippen molar-refractivity contribution in [2.45, 2.75) is 32.7 Å². The monoisotopic (exact) mass is 264 g/mol. The van der Waals surface area contributed by atoms with Crippen LogP contribution in [0.25, 0.3) is 0 Å². The van der Waals surface area contributed by atoms with E-state index in [4.69, 9.17) is 5.11 Å².